The minimum absolute atomic E-state index is 0.158. The van der Waals surface area contributed by atoms with E-state index < -0.39 is 0 Å². The molecular weight excluding hydrogens is 446 g/mol. The van der Waals surface area contributed by atoms with Crippen molar-refractivity contribution in [3.63, 3.8) is 0 Å². The predicted octanol–water partition coefficient (Wildman–Crippen LogP) is 4.45. The summed E-state index contributed by atoms with van der Waals surface area (Å²) in [5, 5.41) is 12.2. The molecule has 0 aliphatic carbocycles. The van der Waals surface area contributed by atoms with Crippen LogP contribution in [0.4, 0.5) is 5.13 Å². The topological polar surface area (TPSA) is 91.2 Å². The molecule has 0 aliphatic heterocycles. The number of nitrogens with one attached hydrogen (secondary N) is 1. The molecule has 1 amide bonds. The van der Waals surface area contributed by atoms with Gasteiger partial charge < -0.3 is 14.8 Å². The fraction of sp³-hybridized carbons (Fsp3) is 0.182. The number of hydrogen-bond acceptors (Lipinski definition) is 8. The van der Waals surface area contributed by atoms with E-state index in [9.17, 15) is 4.79 Å². The van der Waals surface area contributed by atoms with Crippen LogP contribution in [0.15, 0.2) is 60.0 Å². The Morgan fingerprint density at radius 1 is 1.06 bits per heavy atom. The van der Waals surface area contributed by atoms with E-state index in [1.54, 1.807) is 20.5 Å². The lowest BCUT2D eigenvalue weighted by molar-refractivity contribution is -0.113. The van der Waals surface area contributed by atoms with Crippen molar-refractivity contribution in [2.75, 3.05) is 25.3 Å². The Morgan fingerprint density at radius 3 is 2.38 bits per heavy atom. The third-order valence-electron chi connectivity index (χ3n) is 4.61. The number of methoxy groups -OCH3 is 2. The van der Waals surface area contributed by atoms with Crippen LogP contribution in [0.2, 0.25) is 0 Å². The Kier molecular flexibility index (Phi) is 6.72. The molecule has 0 saturated heterocycles. The summed E-state index contributed by atoms with van der Waals surface area (Å²) in [5.41, 5.74) is 2.71. The third-order valence-corrected chi connectivity index (χ3v) is 6.44. The smallest absolute Gasteiger partial charge is 0.236 e. The minimum Gasteiger partial charge on any atom is -0.497 e. The number of aryl methyl sites for hydroxylation is 1. The average Bonchev–Trinajstić information content (AvgIpc) is 3.44. The lowest BCUT2D eigenvalue weighted by Crippen LogP contribution is -2.14. The Bertz CT molecular complexity index is 1200. The number of aromatic nitrogens is 4. The van der Waals surface area contributed by atoms with Crippen LogP contribution < -0.4 is 14.8 Å². The fourth-order valence-corrected chi connectivity index (χ4v) is 4.58. The van der Waals surface area contributed by atoms with Gasteiger partial charge in [0.1, 0.15) is 17.8 Å². The van der Waals surface area contributed by atoms with Crippen molar-refractivity contribution in [3.05, 3.63) is 59.7 Å². The van der Waals surface area contributed by atoms with Crippen LogP contribution in [-0.2, 0) is 4.79 Å². The number of amides is 1. The molecule has 10 heteroatoms. The number of carbonyl (C=O) groups is 1. The number of thiazole rings is 1. The molecule has 1 N–H and O–H groups in total. The van der Waals surface area contributed by atoms with Gasteiger partial charge in [-0.15, -0.1) is 21.5 Å². The zero-order chi connectivity index (χ0) is 22.5. The summed E-state index contributed by atoms with van der Waals surface area (Å²) in [5.74, 6) is 1.58. The van der Waals surface area contributed by atoms with Gasteiger partial charge in [0, 0.05) is 16.1 Å². The van der Waals surface area contributed by atoms with Crippen molar-refractivity contribution in [1.82, 2.24) is 19.7 Å². The highest BCUT2D eigenvalue weighted by Gasteiger charge is 2.14. The second-order valence-corrected chi connectivity index (χ2v) is 8.82. The summed E-state index contributed by atoms with van der Waals surface area (Å²) in [7, 11) is 3.26. The molecular formula is C22H21N5O3S2. The van der Waals surface area contributed by atoms with Gasteiger partial charge in [0.25, 0.3) is 0 Å². The van der Waals surface area contributed by atoms with Crippen molar-refractivity contribution in [2.24, 2.45) is 0 Å². The maximum atomic E-state index is 12.5. The van der Waals surface area contributed by atoms with Crippen LogP contribution in [0.3, 0.4) is 0 Å². The highest BCUT2D eigenvalue weighted by molar-refractivity contribution is 7.99. The summed E-state index contributed by atoms with van der Waals surface area (Å²) >= 11 is 2.75. The van der Waals surface area contributed by atoms with E-state index in [0.29, 0.717) is 10.3 Å². The van der Waals surface area contributed by atoms with Gasteiger partial charge in [-0.2, -0.15) is 0 Å². The van der Waals surface area contributed by atoms with Crippen LogP contribution in [0.25, 0.3) is 16.9 Å². The van der Waals surface area contributed by atoms with Crippen molar-refractivity contribution < 1.29 is 14.3 Å². The summed E-state index contributed by atoms with van der Waals surface area (Å²) in [6, 6.07) is 15.2. The Balaban J connectivity index is 1.39. The SMILES string of the molecule is COc1ccc(-c2nc(NC(=O)CSc3nncn3-c3ccc(OC)cc3)sc2C)cc1. The number of rotatable bonds is 8. The number of nitrogens with zero attached hydrogens (tertiary/aromatic N) is 4. The Morgan fingerprint density at radius 2 is 1.72 bits per heavy atom. The molecule has 32 heavy (non-hydrogen) atoms. The first-order chi connectivity index (χ1) is 15.6. The molecule has 0 atom stereocenters. The molecule has 0 bridgehead atoms. The van der Waals surface area contributed by atoms with Crippen molar-refractivity contribution in [1.29, 1.82) is 0 Å². The number of anilines is 1. The second-order valence-electron chi connectivity index (χ2n) is 6.67. The molecule has 8 nitrogen and oxygen atoms in total. The summed E-state index contributed by atoms with van der Waals surface area (Å²) in [4.78, 5) is 18.1. The normalized spacial score (nSPS) is 10.7. The van der Waals surface area contributed by atoms with Gasteiger partial charge in [-0.05, 0) is 55.5 Å². The zero-order valence-corrected chi connectivity index (χ0v) is 19.4. The zero-order valence-electron chi connectivity index (χ0n) is 17.7. The molecule has 2 aromatic carbocycles. The van der Waals surface area contributed by atoms with E-state index in [4.69, 9.17) is 9.47 Å². The largest absolute Gasteiger partial charge is 0.497 e. The lowest BCUT2D eigenvalue weighted by Gasteiger charge is -2.07. The van der Waals surface area contributed by atoms with Gasteiger partial charge in [-0.3, -0.25) is 9.36 Å². The van der Waals surface area contributed by atoms with E-state index >= 15 is 0 Å². The number of ether oxygens (including phenoxy) is 2. The summed E-state index contributed by atoms with van der Waals surface area (Å²) in [6.45, 7) is 1.99. The summed E-state index contributed by atoms with van der Waals surface area (Å²) in [6.07, 6.45) is 1.62. The average molecular weight is 468 g/mol. The Hall–Kier alpha value is -3.37. The molecule has 0 unspecified atom stereocenters. The highest BCUT2D eigenvalue weighted by atomic mass is 32.2. The number of carbonyl (C=O) groups excluding carboxylic acids is 1. The van der Waals surface area contributed by atoms with Crippen LogP contribution in [0.5, 0.6) is 11.5 Å². The van der Waals surface area contributed by atoms with Gasteiger partial charge in [0.05, 0.1) is 25.7 Å². The van der Waals surface area contributed by atoms with E-state index in [1.165, 1.54) is 23.1 Å². The fourth-order valence-electron chi connectivity index (χ4n) is 2.99. The standard InChI is InChI=1S/C22H21N5O3S2/c1-14-20(15-4-8-17(29-2)9-5-15)25-21(32-14)24-19(28)12-31-22-26-23-13-27(22)16-6-10-18(30-3)11-7-16/h4-11,13H,12H2,1-3H3,(H,24,25,28). The summed E-state index contributed by atoms with van der Waals surface area (Å²) < 4.78 is 12.2. The van der Waals surface area contributed by atoms with Gasteiger partial charge in [-0.25, -0.2) is 4.98 Å². The lowest BCUT2D eigenvalue weighted by atomic mass is 10.1. The third kappa shape index (κ3) is 4.92. The van der Waals surface area contributed by atoms with Gasteiger partial charge in [0.15, 0.2) is 10.3 Å². The van der Waals surface area contributed by atoms with Crippen molar-refractivity contribution in [2.45, 2.75) is 12.1 Å². The Labute approximate surface area is 193 Å². The van der Waals surface area contributed by atoms with E-state index in [-0.39, 0.29) is 11.7 Å². The van der Waals surface area contributed by atoms with Crippen LogP contribution in [0.1, 0.15) is 4.88 Å². The molecule has 0 aliphatic rings. The van der Waals surface area contributed by atoms with Crippen molar-refractivity contribution in [3.8, 4) is 28.4 Å². The quantitative estimate of drug-likeness (QED) is 0.383. The van der Waals surface area contributed by atoms with Crippen LogP contribution in [-0.4, -0.2) is 45.6 Å². The molecule has 4 rings (SSSR count). The molecule has 2 heterocycles. The predicted molar refractivity (Wildman–Crippen MR) is 126 cm³/mol. The van der Waals surface area contributed by atoms with Crippen LogP contribution >= 0.6 is 23.1 Å². The van der Waals surface area contributed by atoms with E-state index in [1.807, 2.05) is 60.0 Å². The number of hydrogen-bond donors (Lipinski definition) is 1. The molecule has 0 saturated carbocycles. The van der Waals surface area contributed by atoms with Gasteiger partial charge in [-0.1, -0.05) is 11.8 Å². The molecule has 4 aromatic rings. The van der Waals surface area contributed by atoms with Crippen LogP contribution in [0, 0.1) is 6.92 Å². The highest BCUT2D eigenvalue weighted by Crippen LogP contribution is 2.31. The van der Waals surface area contributed by atoms with Crippen molar-refractivity contribution >= 4 is 34.1 Å². The first-order valence-electron chi connectivity index (χ1n) is 9.66. The van der Waals surface area contributed by atoms with E-state index in [2.05, 4.69) is 20.5 Å². The molecule has 164 valence electrons. The first kappa shape index (κ1) is 21.8. The second kappa shape index (κ2) is 9.84. The van der Waals surface area contributed by atoms with Gasteiger partial charge >= 0.3 is 0 Å². The molecule has 0 spiro atoms. The van der Waals surface area contributed by atoms with Gasteiger partial charge in [0.2, 0.25) is 5.91 Å². The molecule has 2 aromatic heterocycles. The molecule has 0 fully saturated rings. The minimum atomic E-state index is -0.158. The maximum absolute atomic E-state index is 12.5. The van der Waals surface area contributed by atoms with E-state index in [0.717, 1.165) is 33.3 Å². The molecule has 0 radical (unpaired) electrons. The monoisotopic (exact) mass is 467 g/mol. The number of thioether (sulfide) groups is 1. The maximum Gasteiger partial charge on any atom is 0.236 e. The number of benzene rings is 2. The first-order valence-corrected chi connectivity index (χ1v) is 11.5.